The van der Waals surface area contributed by atoms with Gasteiger partial charge in [0, 0.05) is 15.7 Å². The third kappa shape index (κ3) is 3.32. The first-order valence-corrected chi connectivity index (χ1v) is 6.71. The van der Waals surface area contributed by atoms with E-state index in [4.69, 9.17) is 5.73 Å². The van der Waals surface area contributed by atoms with Crippen LogP contribution in [0, 0.1) is 0 Å². The predicted molar refractivity (Wildman–Crippen MR) is 80.1 cm³/mol. The average molecular weight is 320 g/mol. The van der Waals surface area contributed by atoms with Crippen molar-refractivity contribution in [3.8, 4) is 0 Å². The number of hydrogen-bond donors (Lipinski definition) is 2. The highest BCUT2D eigenvalue weighted by Gasteiger charge is 2.10. The number of aryl methyl sites for hydroxylation is 1. The molecule has 98 valence electrons. The van der Waals surface area contributed by atoms with Gasteiger partial charge in [-0.3, -0.25) is 4.79 Å². The molecule has 1 amide bonds. The Morgan fingerprint density at radius 3 is 2.79 bits per heavy atom. The standard InChI is InChI=1S/C14H14BrN3O/c1-2-10-7-9(8-13(16)17-10)14(19)18-12-6-4-3-5-11(12)15/h3-8H,2H2,1H3,(H2,16,17)(H,18,19). The first kappa shape index (κ1) is 13.5. The molecule has 5 heteroatoms. The van der Waals surface area contributed by atoms with Crippen molar-refractivity contribution in [2.75, 3.05) is 11.1 Å². The van der Waals surface area contributed by atoms with E-state index in [-0.39, 0.29) is 5.91 Å². The Bertz CT molecular complexity index is 613. The second kappa shape index (κ2) is 5.84. The van der Waals surface area contributed by atoms with E-state index in [9.17, 15) is 4.79 Å². The second-order valence-electron chi connectivity index (χ2n) is 4.06. The molecule has 0 unspecified atom stereocenters. The Kier molecular flexibility index (Phi) is 4.16. The van der Waals surface area contributed by atoms with Crippen molar-refractivity contribution in [2.45, 2.75) is 13.3 Å². The minimum atomic E-state index is -0.198. The highest BCUT2D eigenvalue weighted by atomic mass is 79.9. The predicted octanol–water partition coefficient (Wildman–Crippen LogP) is 3.24. The van der Waals surface area contributed by atoms with Crippen LogP contribution in [-0.2, 0) is 6.42 Å². The molecular formula is C14H14BrN3O. The molecule has 0 spiro atoms. The maximum atomic E-state index is 12.2. The lowest BCUT2D eigenvalue weighted by Crippen LogP contribution is -2.13. The van der Waals surface area contributed by atoms with Crippen molar-refractivity contribution in [3.05, 3.63) is 52.1 Å². The van der Waals surface area contributed by atoms with E-state index in [1.165, 1.54) is 0 Å². The molecule has 0 aliphatic carbocycles. The number of nitrogens with one attached hydrogen (secondary N) is 1. The van der Waals surface area contributed by atoms with Crippen molar-refractivity contribution in [1.82, 2.24) is 4.98 Å². The van der Waals surface area contributed by atoms with Crippen molar-refractivity contribution in [1.29, 1.82) is 0 Å². The lowest BCUT2D eigenvalue weighted by atomic mass is 10.1. The maximum Gasteiger partial charge on any atom is 0.255 e. The molecule has 0 aliphatic rings. The zero-order chi connectivity index (χ0) is 13.8. The van der Waals surface area contributed by atoms with Gasteiger partial charge in [0.15, 0.2) is 0 Å². The number of hydrogen-bond acceptors (Lipinski definition) is 3. The fraction of sp³-hybridized carbons (Fsp3) is 0.143. The average Bonchev–Trinajstić information content (AvgIpc) is 2.40. The van der Waals surface area contributed by atoms with Crippen LogP contribution in [0.15, 0.2) is 40.9 Å². The lowest BCUT2D eigenvalue weighted by molar-refractivity contribution is 0.102. The second-order valence-corrected chi connectivity index (χ2v) is 4.91. The number of nitrogens with zero attached hydrogens (tertiary/aromatic N) is 1. The molecule has 1 aromatic carbocycles. The molecule has 0 aliphatic heterocycles. The Balaban J connectivity index is 2.25. The highest BCUT2D eigenvalue weighted by molar-refractivity contribution is 9.10. The Labute approximate surface area is 120 Å². The van der Waals surface area contributed by atoms with Gasteiger partial charge >= 0.3 is 0 Å². The van der Waals surface area contributed by atoms with Gasteiger partial charge in [0.1, 0.15) is 5.82 Å². The summed E-state index contributed by atoms with van der Waals surface area (Å²) in [5, 5.41) is 2.84. The summed E-state index contributed by atoms with van der Waals surface area (Å²) in [6, 6.07) is 10.8. The van der Waals surface area contributed by atoms with Gasteiger partial charge in [0.05, 0.1) is 5.69 Å². The van der Waals surface area contributed by atoms with Crippen molar-refractivity contribution in [2.24, 2.45) is 0 Å². The number of pyridine rings is 1. The lowest BCUT2D eigenvalue weighted by Gasteiger charge is -2.08. The number of nitrogens with two attached hydrogens (primary N) is 1. The number of carbonyl (C=O) groups is 1. The van der Waals surface area contributed by atoms with Gasteiger partial charge < -0.3 is 11.1 Å². The summed E-state index contributed by atoms with van der Waals surface area (Å²) in [5.41, 5.74) is 7.74. The number of benzene rings is 1. The van der Waals surface area contributed by atoms with Crippen LogP contribution < -0.4 is 11.1 Å². The van der Waals surface area contributed by atoms with Crippen LogP contribution in [0.1, 0.15) is 23.0 Å². The quantitative estimate of drug-likeness (QED) is 0.912. The number of halogens is 1. The maximum absolute atomic E-state index is 12.2. The molecule has 19 heavy (non-hydrogen) atoms. The third-order valence-electron chi connectivity index (χ3n) is 2.64. The molecule has 2 aromatic rings. The molecule has 0 atom stereocenters. The Hall–Kier alpha value is -1.88. The van der Waals surface area contributed by atoms with E-state index in [0.717, 1.165) is 22.3 Å². The molecule has 0 bridgehead atoms. The molecule has 0 saturated carbocycles. The summed E-state index contributed by atoms with van der Waals surface area (Å²) in [5.74, 6) is 0.160. The fourth-order valence-corrected chi connectivity index (χ4v) is 2.06. The first-order valence-electron chi connectivity index (χ1n) is 5.92. The van der Waals surface area contributed by atoms with Crippen LogP contribution in [0.4, 0.5) is 11.5 Å². The van der Waals surface area contributed by atoms with Gasteiger partial charge in [0.2, 0.25) is 0 Å². The smallest absolute Gasteiger partial charge is 0.255 e. The zero-order valence-corrected chi connectivity index (χ0v) is 12.1. The third-order valence-corrected chi connectivity index (χ3v) is 3.34. The van der Waals surface area contributed by atoms with Gasteiger partial charge in [-0.25, -0.2) is 4.98 Å². The van der Waals surface area contributed by atoms with E-state index >= 15 is 0 Å². The Morgan fingerprint density at radius 2 is 2.11 bits per heavy atom. The van der Waals surface area contributed by atoms with Crippen LogP contribution in [0.25, 0.3) is 0 Å². The van der Waals surface area contributed by atoms with Crippen LogP contribution in [0.5, 0.6) is 0 Å². The fourth-order valence-electron chi connectivity index (χ4n) is 1.68. The Morgan fingerprint density at radius 1 is 1.37 bits per heavy atom. The summed E-state index contributed by atoms with van der Waals surface area (Å²) < 4.78 is 0.834. The summed E-state index contributed by atoms with van der Waals surface area (Å²) in [7, 11) is 0. The summed E-state index contributed by atoms with van der Waals surface area (Å²) in [4.78, 5) is 16.3. The first-order chi connectivity index (χ1) is 9.10. The molecule has 2 rings (SSSR count). The van der Waals surface area contributed by atoms with Crippen LogP contribution in [0.2, 0.25) is 0 Å². The van der Waals surface area contributed by atoms with Gasteiger partial charge in [0.25, 0.3) is 5.91 Å². The molecule has 1 aromatic heterocycles. The molecule has 0 saturated heterocycles. The topological polar surface area (TPSA) is 68.0 Å². The number of nitrogen functional groups attached to an aromatic ring is 1. The zero-order valence-electron chi connectivity index (χ0n) is 10.5. The normalized spacial score (nSPS) is 10.2. The van der Waals surface area contributed by atoms with Crippen LogP contribution in [-0.4, -0.2) is 10.9 Å². The number of rotatable bonds is 3. The highest BCUT2D eigenvalue weighted by Crippen LogP contribution is 2.22. The SMILES string of the molecule is CCc1cc(C(=O)Nc2ccccc2Br)cc(N)n1. The van der Waals surface area contributed by atoms with Crippen LogP contribution in [0.3, 0.4) is 0 Å². The van der Waals surface area contributed by atoms with E-state index in [1.807, 2.05) is 31.2 Å². The molecule has 3 N–H and O–H groups in total. The van der Waals surface area contributed by atoms with Crippen LogP contribution >= 0.6 is 15.9 Å². The number of anilines is 2. The van der Waals surface area contributed by atoms with E-state index in [2.05, 4.69) is 26.2 Å². The summed E-state index contributed by atoms with van der Waals surface area (Å²) >= 11 is 3.39. The van der Waals surface area contributed by atoms with Gasteiger partial charge in [-0.2, -0.15) is 0 Å². The van der Waals surface area contributed by atoms with E-state index in [0.29, 0.717) is 11.4 Å². The summed E-state index contributed by atoms with van der Waals surface area (Å²) in [6.07, 6.45) is 0.736. The minimum Gasteiger partial charge on any atom is -0.384 e. The molecule has 1 heterocycles. The minimum absolute atomic E-state index is 0.198. The van der Waals surface area contributed by atoms with Gasteiger partial charge in [-0.15, -0.1) is 0 Å². The van der Waals surface area contributed by atoms with Crippen molar-refractivity contribution < 1.29 is 4.79 Å². The van der Waals surface area contributed by atoms with Gasteiger partial charge in [-0.1, -0.05) is 19.1 Å². The number of aromatic nitrogens is 1. The molecule has 4 nitrogen and oxygen atoms in total. The van der Waals surface area contributed by atoms with E-state index in [1.54, 1.807) is 12.1 Å². The number of carbonyl (C=O) groups excluding carboxylic acids is 1. The van der Waals surface area contributed by atoms with Crippen molar-refractivity contribution >= 4 is 33.3 Å². The van der Waals surface area contributed by atoms with E-state index < -0.39 is 0 Å². The molecule has 0 radical (unpaired) electrons. The number of amides is 1. The molecular weight excluding hydrogens is 306 g/mol. The largest absolute Gasteiger partial charge is 0.384 e. The van der Waals surface area contributed by atoms with Gasteiger partial charge in [-0.05, 0) is 46.6 Å². The monoisotopic (exact) mass is 319 g/mol. The van der Waals surface area contributed by atoms with Crippen molar-refractivity contribution in [3.63, 3.8) is 0 Å². The summed E-state index contributed by atoms with van der Waals surface area (Å²) in [6.45, 7) is 1.97. The molecule has 0 fully saturated rings. The number of para-hydroxylation sites is 1.